The Hall–Kier alpha value is -1.39. The van der Waals surface area contributed by atoms with Gasteiger partial charge in [-0.3, -0.25) is 0 Å². The third-order valence-corrected chi connectivity index (χ3v) is 4.38. The zero-order chi connectivity index (χ0) is 14.5. The van der Waals surface area contributed by atoms with E-state index in [0.29, 0.717) is 0 Å². The lowest BCUT2D eigenvalue weighted by molar-refractivity contribution is 0.415. The molecule has 4 heteroatoms. The second-order valence-corrected chi connectivity index (χ2v) is 5.72. The lowest BCUT2D eigenvalue weighted by Crippen LogP contribution is -2.22. The summed E-state index contributed by atoms with van der Waals surface area (Å²) >= 11 is 1.69. The van der Waals surface area contributed by atoms with Gasteiger partial charge >= 0.3 is 0 Å². The van der Waals surface area contributed by atoms with E-state index in [4.69, 9.17) is 4.74 Å². The molecule has 108 valence electrons. The van der Waals surface area contributed by atoms with Crippen LogP contribution in [-0.2, 0) is 6.42 Å². The maximum atomic E-state index is 13.2. The average molecular weight is 293 g/mol. The molecule has 2 rings (SSSR count). The predicted octanol–water partition coefficient (Wildman–Crippen LogP) is 4.10. The molecule has 20 heavy (non-hydrogen) atoms. The Morgan fingerprint density at radius 2 is 2.15 bits per heavy atom. The van der Waals surface area contributed by atoms with Crippen LogP contribution < -0.4 is 10.1 Å². The molecule has 1 aromatic heterocycles. The van der Waals surface area contributed by atoms with Gasteiger partial charge in [-0.25, -0.2) is 4.39 Å². The molecule has 0 spiro atoms. The van der Waals surface area contributed by atoms with Crippen LogP contribution in [0.2, 0.25) is 0 Å². The molecule has 2 nitrogen and oxygen atoms in total. The van der Waals surface area contributed by atoms with E-state index < -0.39 is 0 Å². The van der Waals surface area contributed by atoms with E-state index in [1.807, 2.05) is 18.4 Å². The number of benzene rings is 1. The molecule has 0 saturated heterocycles. The Kier molecular flexibility index (Phi) is 5.15. The molecular weight excluding hydrogens is 273 g/mol. The van der Waals surface area contributed by atoms with Gasteiger partial charge in [-0.15, -0.1) is 11.3 Å². The van der Waals surface area contributed by atoms with Crippen molar-refractivity contribution >= 4 is 11.3 Å². The molecule has 0 amide bonds. The van der Waals surface area contributed by atoms with Crippen molar-refractivity contribution in [3.63, 3.8) is 0 Å². The van der Waals surface area contributed by atoms with E-state index >= 15 is 0 Å². The summed E-state index contributed by atoms with van der Waals surface area (Å²) in [7, 11) is 1.68. The van der Waals surface area contributed by atoms with Crippen molar-refractivity contribution < 1.29 is 9.13 Å². The van der Waals surface area contributed by atoms with Gasteiger partial charge in [-0.05, 0) is 49.2 Å². The van der Waals surface area contributed by atoms with Crippen molar-refractivity contribution in [2.24, 2.45) is 0 Å². The van der Waals surface area contributed by atoms with Crippen molar-refractivity contribution in [3.8, 4) is 5.75 Å². The van der Waals surface area contributed by atoms with Crippen molar-refractivity contribution in [2.75, 3.05) is 13.7 Å². The molecule has 0 aliphatic carbocycles. The fourth-order valence-electron chi connectivity index (χ4n) is 2.25. The largest absolute Gasteiger partial charge is 0.496 e. The van der Waals surface area contributed by atoms with Gasteiger partial charge in [0.15, 0.2) is 0 Å². The van der Waals surface area contributed by atoms with Crippen molar-refractivity contribution in [2.45, 2.75) is 26.3 Å². The number of rotatable bonds is 6. The highest BCUT2D eigenvalue weighted by Crippen LogP contribution is 2.29. The Labute approximate surface area is 123 Å². The standard InChI is InChI=1S/C16H20FNOS/c1-4-18-15(16-9-14(19-3)10-20-16)8-12-5-6-13(17)7-11(12)2/h5-7,9-10,15,18H,4,8H2,1-3H3. The van der Waals surface area contributed by atoms with Crippen LogP contribution in [0.5, 0.6) is 5.75 Å². The van der Waals surface area contributed by atoms with E-state index in [2.05, 4.69) is 18.3 Å². The summed E-state index contributed by atoms with van der Waals surface area (Å²) in [5, 5.41) is 5.50. The summed E-state index contributed by atoms with van der Waals surface area (Å²) in [5.41, 5.74) is 2.17. The summed E-state index contributed by atoms with van der Waals surface area (Å²) in [6.07, 6.45) is 0.851. The molecule has 1 aromatic carbocycles. The minimum atomic E-state index is -0.177. The van der Waals surface area contributed by atoms with Gasteiger partial charge in [0, 0.05) is 16.3 Å². The van der Waals surface area contributed by atoms with E-state index in [9.17, 15) is 4.39 Å². The van der Waals surface area contributed by atoms with Crippen LogP contribution in [0.15, 0.2) is 29.6 Å². The molecule has 0 fully saturated rings. The van der Waals surface area contributed by atoms with E-state index in [0.717, 1.165) is 24.3 Å². The SMILES string of the molecule is CCNC(Cc1ccc(F)cc1C)c1cc(OC)cs1. The second kappa shape index (κ2) is 6.86. The lowest BCUT2D eigenvalue weighted by Gasteiger charge is -2.17. The first-order valence-electron chi connectivity index (χ1n) is 6.75. The summed E-state index contributed by atoms with van der Waals surface area (Å²) < 4.78 is 18.4. The summed E-state index contributed by atoms with van der Waals surface area (Å²) in [6, 6.07) is 7.29. The molecular formula is C16H20FNOS. The first-order valence-corrected chi connectivity index (χ1v) is 7.62. The maximum Gasteiger partial charge on any atom is 0.129 e. The molecule has 1 N–H and O–H groups in total. The van der Waals surface area contributed by atoms with Crippen LogP contribution >= 0.6 is 11.3 Å². The van der Waals surface area contributed by atoms with Gasteiger partial charge in [0.2, 0.25) is 0 Å². The molecule has 0 aliphatic rings. The predicted molar refractivity (Wildman–Crippen MR) is 82.1 cm³/mol. The number of hydrogen-bond acceptors (Lipinski definition) is 3. The molecule has 2 aromatic rings. The molecule has 0 aliphatic heterocycles. The number of hydrogen-bond donors (Lipinski definition) is 1. The Morgan fingerprint density at radius 1 is 1.35 bits per heavy atom. The van der Waals surface area contributed by atoms with Gasteiger partial charge < -0.3 is 10.1 Å². The zero-order valence-electron chi connectivity index (χ0n) is 12.1. The van der Waals surface area contributed by atoms with Gasteiger partial charge in [-0.1, -0.05) is 13.0 Å². The Balaban J connectivity index is 2.20. The van der Waals surface area contributed by atoms with E-state index in [1.165, 1.54) is 16.5 Å². The highest BCUT2D eigenvalue weighted by atomic mass is 32.1. The van der Waals surface area contributed by atoms with E-state index in [-0.39, 0.29) is 11.9 Å². The monoisotopic (exact) mass is 293 g/mol. The smallest absolute Gasteiger partial charge is 0.129 e. The van der Waals surface area contributed by atoms with Crippen molar-refractivity contribution in [1.29, 1.82) is 0 Å². The van der Waals surface area contributed by atoms with Gasteiger partial charge in [-0.2, -0.15) is 0 Å². The number of halogens is 1. The quantitative estimate of drug-likeness (QED) is 0.866. The number of aryl methyl sites for hydroxylation is 1. The van der Waals surface area contributed by atoms with Crippen molar-refractivity contribution in [1.82, 2.24) is 5.32 Å². The third-order valence-electron chi connectivity index (χ3n) is 3.35. The van der Waals surface area contributed by atoms with Crippen LogP contribution in [0.4, 0.5) is 4.39 Å². The number of thiophene rings is 1. The average Bonchev–Trinajstić information content (AvgIpc) is 2.90. The van der Waals surface area contributed by atoms with Crippen LogP contribution in [0.1, 0.15) is 29.0 Å². The van der Waals surface area contributed by atoms with Gasteiger partial charge in [0.1, 0.15) is 11.6 Å². The highest BCUT2D eigenvalue weighted by Gasteiger charge is 2.15. The van der Waals surface area contributed by atoms with Gasteiger partial charge in [0.05, 0.1) is 7.11 Å². The zero-order valence-corrected chi connectivity index (χ0v) is 12.9. The minimum absolute atomic E-state index is 0.177. The van der Waals surface area contributed by atoms with Crippen LogP contribution in [0, 0.1) is 12.7 Å². The fourth-order valence-corrected chi connectivity index (χ4v) is 3.18. The summed E-state index contributed by atoms with van der Waals surface area (Å²) in [4.78, 5) is 1.24. The molecule has 0 saturated carbocycles. The number of likely N-dealkylation sites (N-methyl/N-ethyl adjacent to an activating group) is 1. The Morgan fingerprint density at radius 3 is 2.75 bits per heavy atom. The number of methoxy groups -OCH3 is 1. The highest BCUT2D eigenvalue weighted by molar-refractivity contribution is 7.10. The summed E-state index contributed by atoms with van der Waals surface area (Å²) in [5.74, 6) is 0.716. The Bertz CT molecular complexity index is 567. The maximum absolute atomic E-state index is 13.2. The molecule has 1 heterocycles. The molecule has 1 atom stereocenters. The van der Waals surface area contributed by atoms with Crippen LogP contribution in [-0.4, -0.2) is 13.7 Å². The van der Waals surface area contributed by atoms with Gasteiger partial charge in [0.25, 0.3) is 0 Å². The van der Waals surface area contributed by atoms with Crippen molar-refractivity contribution in [3.05, 3.63) is 51.5 Å². The third kappa shape index (κ3) is 3.58. The van der Waals surface area contributed by atoms with Crippen LogP contribution in [0.3, 0.4) is 0 Å². The first-order chi connectivity index (χ1) is 9.63. The van der Waals surface area contributed by atoms with Crippen LogP contribution in [0.25, 0.3) is 0 Å². The second-order valence-electron chi connectivity index (χ2n) is 4.77. The fraction of sp³-hybridized carbons (Fsp3) is 0.375. The lowest BCUT2D eigenvalue weighted by atomic mass is 10.00. The topological polar surface area (TPSA) is 21.3 Å². The minimum Gasteiger partial charge on any atom is -0.496 e. The molecule has 0 bridgehead atoms. The number of nitrogens with one attached hydrogen (secondary N) is 1. The molecule has 0 radical (unpaired) electrons. The summed E-state index contributed by atoms with van der Waals surface area (Å²) in [6.45, 7) is 4.94. The molecule has 1 unspecified atom stereocenters. The number of ether oxygens (including phenoxy) is 1. The first kappa shape index (κ1) is 15.0. The van der Waals surface area contributed by atoms with E-state index in [1.54, 1.807) is 24.5 Å². The normalized spacial score (nSPS) is 12.4.